The standard InChI is InChI=1S/C28H24ClF4N3O3/c29-21-12-23(35-26(37)15-4-3-9-34-13-15)18(25(32)33)10-16(21)14-36-24-6-2-1-5-19(24)28(39,27(36)38)20-11-17(30)7-8-22(20)31/h1-9,11,13,16,18,21,23,25,39H,10,12,14H2,(H,35,37)/t16-,18-,21-,23-,28-/m1/s1. The van der Waals surface area contributed by atoms with Crippen LogP contribution in [0.1, 0.15) is 34.3 Å². The molecule has 1 fully saturated rings. The summed E-state index contributed by atoms with van der Waals surface area (Å²) in [5.74, 6) is -5.19. The first-order valence-electron chi connectivity index (χ1n) is 12.3. The van der Waals surface area contributed by atoms with Gasteiger partial charge in [-0.2, -0.15) is 0 Å². The summed E-state index contributed by atoms with van der Waals surface area (Å²) in [6.45, 7) is -0.143. The summed E-state index contributed by atoms with van der Waals surface area (Å²) in [6, 6.07) is 10.7. The van der Waals surface area contributed by atoms with Gasteiger partial charge in [0.1, 0.15) is 11.6 Å². The van der Waals surface area contributed by atoms with Crippen molar-refractivity contribution in [2.45, 2.75) is 36.3 Å². The van der Waals surface area contributed by atoms with E-state index in [-0.39, 0.29) is 36.2 Å². The van der Waals surface area contributed by atoms with Crippen LogP contribution in [0, 0.1) is 23.5 Å². The fraction of sp³-hybridized carbons (Fsp3) is 0.321. The molecule has 0 spiro atoms. The highest BCUT2D eigenvalue weighted by molar-refractivity contribution is 6.21. The van der Waals surface area contributed by atoms with Crippen molar-refractivity contribution in [2.75, 3.05) is 11.4 Å². The van der Waals surface area contributed by atoms with Gasteiger partial charge in [-0.1, -0.05) is 18.2 Å². The van der Waals surface area contributed by atoms with Gasteiger partial charge in [-0.3, -0.25) is 14.6 Å². The molecule has 1 saturated carbocycles. The predicted molar refractivity (Wildman–Crippen MR) is 136 cm³/mol. The van der Waals surface area contributed by atoms with Crippen molar-refractivity contribution >= 4 is 29.1 Å². The maximum Gasteiger partial charge on any atom is 0.268 e. The Balaban J connectivity index is 1.40. The number of pyridine rings is 1. The molecule has 0 bridgehead atoms. The van der Waals surface area contributed by atoms with Crippen LogP contribution in [-0.2, 0) is 10.4 Å². The highest BCUT2D eigenvalue weighted by atomic mass is 35.5. The van der Waals surface area contributed by atoms with Gasteiger partial charge in [-0.05, 0) is 55.2 Å². The zero-order chi connectivity index (χ0) is 27.9. The van der Waals surface area contributed by atoms with E-state index in [9.17, 15) is 32.3 Å². The number of halogens is 5. The molecule has 1 aromatic heterocycles. The number of rotatable bonds is 6. The number of hydrogen-bond donors (Lipinski definition) is 2. The number of nitrogens with zero attached hydrogens (tertiary/aromatic N) is 2. The van der Waals surface area contributed by atoms with Crippen LogP contribution in [0.2, 0.25) is 0 Å². The molecule has 204 valence electrons. The van der Waals surface area contributed by atoms with Crippen molar-refractivity contribution < 1.29 is 32.3 Å². The summed E-state index contributed by atoms with van der Waals surface area (Å²) in [6.07, 6.45) is -0.0753. The molecule has 0 unspecified atom stereocenters. The average molecular weight is 562 g/mol. The molecule has 2 aromatic carbocycles. The van der Waals surface area contributed by atoms with E-state index >= 15 is 0 Å². The number of anilines is 1. The Morgan fingerprint density at radius 1 is 1.13 bits per heavy atom. The molecule has 2 N–H and O–H groups in total. The first kappa shape index (κ1) is 27.1. The Morgan fingerprint density at radius 2 is 1.90 bits per heavy atom. The van der Waals surface area contributed by atoms with Crippen LogP contribution in [0.5, 0.6) is 0 Å². The van der Waals surface area contributed by atoms with Crippen LogP contribution in [0.15, 0.2) is 67.0 Å². The number of carbonyl (C=O) groups is 2. The van der Waals surface area contributed by atoms with Gasteiger partial charge in [0.25, 0.3) is 11.8 Å². The molecule has 11 heteroatoms. The topological polar surface area (TPSA) is 82.5 Å². The average Bonchev–Trinajstić information content (AvgIpc) is 3.14. The van der Waals surface area contributed by atoms with E-state index in [1.165, 1.54) is 35.5 Å². The molecular weight excluding hydrogens is 538 g/mol. The second kappa shape index (κ2) is 10.6. The maximum absolute atomic E-state index is 14.8. The number of benzene rings is 2. The third-order valence-electron chi connectivity index (χ3n) is 7.52. The van der Waals surface area contributed by atoms with Gasteiger partial charge >= 0.3 is 0 Å². The zero-order valence-electron chi connectivity index (χ0n) is 20.4. The summed E-state index contributed by atoms with van der Waals surface area (Å²) in [4.78, 5) is 31.3. The minimum atomic E-state index is -2.78. The number of nitrogens with one attached hydrogen (secondary N) is 1. The highest BCUT2D eigenvalue weighted by Gasteiger charge is 2.53. The van der Waals surface area contributed by atoms with E-state index in [1.54, 1.807) is 18.2 Å². The molecule has 2 aliphatic rings. The van der Waals surface area contributed by atoms with Crippen LogP contribution in [0.4, 0.5) is 23.2 Å². The van der Waals surface area contributed by atoms with Crippen LogP contribution in [0.25, 0.3) is 0 Å². The molecule has 39 heavy (non-hydrogen) atoms. The minimum Gasteiger partial charge on any atom is -0.372 e. The van der Waals surface area contributed by atoms with Crippen molar-refractivity contribution in [3.8, 4) is 0 Å². The first-order valence-corrected chi connectivity index (χ1v) is 12.8. The third-order valence-corrected chi connectivity index (χ3v) is 8.06. The normalized spacial score (nSPS) is 26.5. The number of amides is 2. The van der Waals surface area contributed by atoms with Gasteiger partial charge in [-0.25, -0.2) is 17.6 Å². The quantitative estimate of drug-likeness (QED) is 0.339. The number of aromatic nitrogens is 1. The van der Waals surface area contributed by atoms with Gasteiger partial charge < -0.3 is 15.3 Å². The lowest BCUT2D eigenvalue weighted by molar-refractivity contribution is -0.132. The molecule has 3 aromatic rings. The largest absolute Gasteiger partial charge is 0.372 e. The monoisotopic (exact) mass is 561 g/mol. The van der Waals surface area contributed by atoms with Crippen molar-refractivity contribution in [3.05, 3.63) is 95.3 Å². The van der Waals surface area contributed by atoms with Crippen LogP contribution in [0.3, 0.4) is 0 Å². The van der Waals surface area contributed by atoms with Crippen LogP contribution in [-0.4, -0.2) is 46.3 Å². The number of aliphatic hydroxyl groups is 1. The summed E-state index contributed by atoms with van der Waals surface area (Å²) in [5, 5.41) is 13.5. The van der Waals surface area contributed by atoms with Crippen molar-refractivity contribution in [1.82, 2.24) is 10.3 Å². The van der Waals surface area contributed by atoms with E-state index in [1.807, 2.05) is 0 Å². The fourth-order valence-electron chi connectivity index (χ4n) is 5.54. The summed E-state index contributed by atoms with van der Waals surface area (Å²) in [7, 11) is 0. The first-order chi connectivity index (χ1) is 18.6. The fourth-order valence-corrected chi connectivity index (χ4v) is 5.91. The van der Waals surface area contributed by atoms with Gasteiger partial charge in [-0.15, -0.1) is 11.6 Å². The molecule has 1 aliphatic carbocycles. The maximum atomic E-state index is 14.8. The number of alkyl halides is 3. The number of para-hydroxylation sites is 1. The lowest BCUT2D eigenvalue weighted by Gasteiger charge is -2.40. The number of fused-ring (bicyclic) bond motifs is 1. The van der Waals surface area contributed by atoms with Gasteiger partial charge in [0.2, 0.25) is 6.43 Å². The molecule has 6 nitrogen and oxygen atoms in total. The molecule has 0 saturated heterocycles. The van der Waals surface area contributed by atoms with E-state index in [0.29, 0.717) is 0 Å². The van der Waals surface area contributed by atoms with Crippen molar-refractivity contribution in [2.24, 2.45) is 11.8 Å². The highest BCUT2D eigenvalue weighted by Crippen LogP contribution is 2.47. The summed E-state index contributed by atoms with van der Waals surface area (Å²) >= 11 is 6.65. The lowest BCUT2D eigenvalue weighted by atomic mass is 9.77. The van der Waals surface area contributed by atoms with Gasteiger partial charge in [0, 0.05) is 47.4 Å². The molecule has 0 radical (unpaired) electrons. The minimum absolute atomic E-state index is 0.0136. The van der Waals surface area contributed by atoms with E-state index in [0.717, 1.165) is 18.2 Å². The molecule has 1 aliphatic heterocycles. The second-order valence-corrected chi connectivity index (χ2v) is 10.4. The lowest BCUT2D eigenvalue weighted by Crippen LogP contribution is -2.52. The van der Waals surface area contributed by atoms with E-state index < -0.39 is 64.3 Å². The third kappa shape index (κ3) is 4.87. The smallest absolute Gasteiger partial charge is 0.268 e. The SMILES string of the molecule is O=C(N[C@@H]1C[C@@H](Cl)[C@@H](CN2C(=O)[C@](O)(c3cc(F)ccc3F)c3ccccc32)C[C@H]1C(F)F)c1cccnc1. The molecule has 5 rings (SSSR count). The molecule has 5 atom stereocenters. The predicted octanol–water partition coefficient (Wildman–Crippen LogP) is 4.64. The van der Waals surface area contributed by atoms with Crippen molar-refractivity contribution in [3.63, 3.8) is 0 Å². The Kier molecular flexibility index (Phi) is 7.35. The summed E-state index contributed by atoms with van der Waals surface area (Å²) < 4.78 is 57.1. The summed E-state index contributed by atoms with van der Waals surface area (Å²) in [5.41, 5.74) is -2.53. The number of carbonyl (C=O) groups excluding carboxylic acids is 2. The van der Waals surface area contributed by atoms with Gasteiger partial charge in [0.15, 0.2) is 5.60 Å². The zero-order valence-corrected chi connectivity index (χ0v) is 21.2. The van der Waals surface area contributed by atoms with E-state index in [4.69, 9.17) is 11.6 Å². The Bertz CT molecular complexity index is 1400. The van der Waals surface area contributed by atoms with Crippen LogP contribution >= 0.6 is 11.6 Å². The second-order valence-electron chi connectivity index (χ2n) is 9.83. The van der Waals surface area contributed by atoms with Gasteiger partial charge in [0.05, 0.1) is 11.3 Å². The Labute approximate surface area is 226 Å². The van der Waals surface area contributed by atoms with Crippen molar-refractivity contribution in [1.29, 1.82) is 0 Å². The molecular formula is C28H24ClF4N3O3. The van der Waals surface area contributed by atoms with Crippen LogP contribution < -0.4 is 10.2 Å². The number of hydrogen-bond acceptors (Lipinski definition) is 4. The molecule has 2 heterocycles. The molecule has 2 amide bonds. The Hall–Kier alpha value is -3.50. The van der Waals surface area contributed by atoms with E-state index in [2.05, 4.69) is 10.3 Å². The Morgan fingerprint density at radius 3 is 2.62 bits per heavy atom.